The van der Waals surface area contributed by atoms with Crippen molar-refractivity contribution in [2.75, 3.05) is 11.9 Å². The van der Waals surface area contributed by atoms with Gasteiger partial charge in [0.1, 0.15) is 23.4 Å². The smallest absolute Gasteiger partial charge is 0.276 e. The second-order valence-electron chi connectivity index (χ2n) is 6.31. The Morgan fingerprint density at radius 3 is 2.97 bits per heavy atom. The highest BCUT2D eigenvalue weighted by Gasteiger charge is 2.36. The number of sulfonamides is 1. The van der Waals surface area contributed by atoms with E-state index in [9.17, 15) is 22.7 Å². The van der Waals surface area contributed by atoms with Crippen LogP contribution in [0.2, 0.25) is 0 Å². The van der Waals surface area contributed by atoms with Gasteiger partial charge < -0.3 is 19.7 Å². The summed E-state index contributed by atoms with van der Waals surface area (Å²) in [4.78, 5) is 12.5. The Hall–Kier alpha value is -3.20. The van der Waals surface area contributed by atoms with Crippen LogP contribution < -0.4 is 14.8 Å². The number of nitriles is 1. The highest BCUT2D eigenvalue weighted by atomic mass is 32.2. The summed E-state index contributed by atoms with van der Waals surface area (Å²) in [5, 5.41) is 21.3. The van der Waals surface area contributed by atoms with Crippen molar-refractivity contribution in [1.82, 2.24) is 9.29 Å². The maximum Gasteiger partial charge on any atom is 0.276 e. The lowest BCUT2D eigenvalue weighted by atomic mass is 10.2. The molecule has 2 atom stereocenters. The number of halogens is 1. The molecule has 1 aliphatic heterocycles. The monoisotopic (exact) mass is 420 g/mol. The first kappa shape index (κ1) is 20.5. The first-order chi connectivity index (χ1) is 13.7. The summed E-state index contributed by atoms with van der Waals surface area (Å²) >= 11 is 0. The van der Waals surface area contributed by atoms with Gasteiger partial charge in [0.15, 0.2) is 11.4 Å². The summed E-state index contributed by atoms with van der Waals surface area (Å²) in [6.45, 7) is 3.18. The van der Waals surface area contributed by atoms with E-state index in [0.29, 0.717) is 0 Å². The molecule has 1 aliphatic rings. The molecule has 2 heterocycles. The van der Waals surface area contributed by atoms with Gasteiger partial charge in [0.05, 0.1) is 17.7 Å². The minimum absolute atomic E-state index is 0.0954. The number of aliphatic hydroxyl groups excluding tert-OH is 1. The van der Waals surface area contributed by atoms with Crippen molar-refractivity contribution in [3.63, 3.8) is 0 Å². The van der Waals surface area contributed by atoms with Crippen molar-refractivity contribution in [2.24, 2.45) is 7.05 Å². The highest BCUT2D eigenvalue weighted by molar-refractivity contribution is 7.89. The van der Waals surface area contributed by atoms with E-state index in [1.165, 1.54) is 30.0 Å². The standard InChI is InChI=1S/C18H17FN4O5S/c1-3-14(24)13-9-28-17-15(29(26,27)22-13)8-23(2)16(17)18(25)21-11-4-5-12(19)10(6-11)7-20/h3-6,8,13-14,22,24H,1,9H2,2H3,(H,21,25)/t13-,14+/m0/s1. The Bertz CT molecular complexity index is 1140. The molecule has 0 radical (unpaired) electrons. The fourth-order valence-corrected chi connectivity index (χ4v) is 4.28. The van der Waals surface area contributed by atoms with E-state index in [-0.39, 0.29) is 34.2 Å². The quantitative estimate of drug-likeness (QED) is 0.629. The predicted octanol–water partition coefficient (Wildman–Crippen LogP) is 0.874. The third-order valence-corrected chi connectivity index (χ3v) is 5.80. The number of aryl methyl sites for hydroxylation is 1. The molecule has 0 bridgehead atoms. The fourth-order valence-electron chi connectivity index (χ4n) is 2.85. The molecule has 0 aliphatic carbocycles. The molecule has 1 aromatic heterocycles. The zero-order valence-electron chi connectivity index (χ0n) is 15.2. The number of hydrogen-bond donors (Lipinski definition) is 3. The average molecular weight is 420 g/mol. The molecule has 0 saturated carbocycles. The number of aromatic nitrogens is 1. The Kier molecular flexibility index (Phi) is 5.43. The summed E-state index contributed by atoms with van der Waals surface area (Å²) in [6, 6.07) is 4.14. The molecule has 2 aromatic rings. The molecule has 11 heteroatoms. The van der Waals surface area contributed by atoms with Crippen molar-refractivity contribution in [2.45, 2.75) is 17.0 Å². The van der Waals surface area contributed by atoms with E-state index >= 15 is 0 Å². The Labute approximate surface area is 166 Å². The Morgan fingerprint density at radius 2 is 2.31 bits per heavy atom. The normalized spacial score (nSPS) is 18.5. The molecule has 1 amide bonds. The first-order valence-electron chi connectivity index (χ1n) is 8.34. The number of hydrogen-bond acceptors (Lipinski definition) is 6. The second-order valence-corrected chi connectivity index (χ2v) is 7.99. The third-order valence-electron chi connectivity index (χ3n) is 4.32. The number of nitrogens with zero attached hydrogens (tertiary/aromatic N) is 2. The number of carbonyl (C=O) groups excluding carboxylic acids is 1. The van der Waals surface area contributed by atoms with E-state index in [0.717, 1.165) is 12.1 Å². The van der Waals surface area contributed by atoms with Crippen LogP contribution in [-0.2, 0) is 17.1 Å². The topological polar surface area (TPSA) is 133 Å². The van der Waals surface area contributed by atoms with Crippen molar-refractivity contribution in [1.29, 1.82) is 5.26 Å². The summed E-state index contributed by atoms with van der Waals surface area (Å²) < 4.78 is 47.9. The minimum Gasteiger partial charge on any atom is -0.488 e. The second kappa shape index (κ2) is 7.67. The van der Waals surface area contributed by atoms with Gasteiger partial charge in [0.2, 0.25) is 10.0 Å². The zero-order chi connectivity index (χ0) is 21.3. The molecule has 1 aromatic carbocycles. The van der Waals surface area contributed by atoms with Crippen molar-refractivity contribution < 1.29 is 27.4 Å². The lowest BCUT2D eigenvalue weighted by Crippen LogP contribution is -2.44. The number of aliphatic hydroxyl groups is 1. The van der Waals surface area contributed by atoms with Crippen molar-refractivity contribution >= 4 is 21.6 Å². The maximum atomic E-state index is 13.5. The van der Waals surface area contributed by atoms with Gasteiger partial charge in [-0.15, -0.1) is 6.58 Å². The van der Waals surface area contributed by atoms with Gasteiger partial charge in [0, 0.05) is 18.9 Å². The van der Waals surface area contributed by atoms with Crippen LogP contribution >= 0.6 is 0 Å². The number of nitrogens with one attached hydrogen (secondary N) is 2. The van der Waals surface area contributed by atoms with Crippen LogP contribution in [0.15, 0.2) is 41.9 Å². The van der Waals surface area contributed by atoms with Crippen LogP contribution in [-0.4, -0.2) is 42.8 Å². The number of benzene rings is 1. The summed E-state index contributed by atoms with van der Waals surface area (Å²) in [6.07, 6.45) is 1.19. The van der Waals surface area contributed by atoms with Crippen LogP contribution in [0.3, 0.4) is 0 Å². The summed E-state index contributed by atoms with van der Waals surface area (Å²) in [5.41, 5.74) is -0.197. The van der Waals surface area contributed by atoms with Crippen molar-refractivity contribution in [3.05, 3.63) is 54.1 Å². The van der Waals surface area contributed by atoms with Crippen LogP contribution in [0.1, 0.15) is 16.1 Å². The van der Waals surface area contributed by atoms with Gasteiger partial charge in [-0.1, -0.05) is 6.08 Å². The maximum absolute atomic E-state index is 13.5. The predicted molar refractivity (Wildman–Crippen MR) is 100 cm³/mol. The fraction of sp³-hybridized carbons (Fsp3) is 0.222. The molecule has 0 unspecified atom stereocenters. The van der Waals surface area contributed by atoms with Crippen LogP contribution in [0, 0.1) is 17.1 Å². The van der Waals surface area contributed by atoms with Gasteiger partial charge in [-0.2, -0.15) is 5.26 Å². The van der Waals surface area contributed by atoms with Crippen molar-refractivity contribution in [3.8, 4) is 11.8 Å². The van der Waals surface area contributed by atoms with E-state index in [2.05, 4.69) is 16.6 Å². The van der Waals surface area contributed by atoms with Gasteiger partial charge in [0.25, 0.3) is 5.91 Å². The number of ether oxygens (including phenoxy) is 1. The summed E-state index contributed by atoms with van der Waals surface area (Å²) in [7, 11) is -2.62. The highest BCUT2D eigenvalue weighted by Crippen LogP contribution is 2.33. The van der Waals surface area contributed by atoms with Gasteiger partial charge in [-0.25, -0.2) is 17.5 Å². The van der Waals surface area contributed by atoms with Crippen LogP contribution in [0.4, 0.5) is 10.1 Å². The molecule has 0 saturated heterocycles. The molecule has 0 fully saturated rings. The summed E-state index contributed by atoms with van der Waals surface area (Å²) in [5.74, 6) is -1.63. The van der Waals surface area contributed by atoms with Crippen LogP contribution in [0.5, 0.6) is 5.75 Å². The number of carbonyl (C=O) groups is 1. The number of fused-ring (bicyclic) bond motifs is 1. The number of amides is 1. The first-order valence-corrected chi connectivity index (χ1v) is 9.82. The molecule has 3 rings (SSSR count). The third kappa shape index (κ3) is 3.86. The molecule has 152 valence electrons. The average Bonchev–Trinajstić information content (AvgIpc) is 2.96. The van der Waals surface area contributed by atoms with E-state index in [1.54, 1.807) is 6.07 Å². The van der Waals surface area contributed by atoms with Gasteiger partial charge in [-0.05, 0) is 18.2 Å². The number of rotatable bonds is 4. The Balaban J connectivity index is 1.97. The van der Waals surface area contributed by atoms with Crippen LogP contribution in [0.25, 0.3) is 0 Å². The molecular weight excluding hydrogens is 403 g/mol. The Morgan fingerprint density at radius 1 is 1.59 bits per heavy atom. The van der Waals surface area contributed by atoms with Gasteiger partial charge >= 0.3 is 0 Å². The molecular formula is C18H17FN4O5S. The minimum atomic E-state index is -4.08. The molecule has 0 spiro atoms. The SMILES string of the molecule is C=C[C@@H](O)[C@@H]1COc2c(cn(C)c2C(=O)Nc2ccc(F)c(C#N)c2)S(=O)(=O)N1. The van der Waals surface area contributed by atoms with Gasteiger partial charge in [-0.3, -0.25) is 4.79 Å². The number of anilines is 1. The largest absolute Gasteiger partial charge is 0.488 e. The van der Waals surface area contributed by atoms with E-state index in [4.69, 9.17) is 10.00 Å². The lowest BCUT2D eigenvalue weighted by molar-refractivity contribution is 0.101. The zero-order valence-corrected chi connectivity index (χ0v) is 16.0. The molecule has 29 heavy (non-hydrogen) atoms. The van der Waals surface area contributed by atoms with E-state index < -0.39 is 33.9 Å². The van der Waals surface area contributed by atoms with E-state index in [1.807, 2.05) is 0 Å². The molecule has 9 nitrogen and oxygen atoms in total. The molecule has 3 N–H and O–H groups in total. The lowest BCUT2D eigenvalue weighted by Gasteiger charge is -2.18.